The summed E-state index contributed by atoms with van der Waals surface area (Å²) in [5, 5.41) is 3.60. The second kappa shape index (κ2) is 12.2. The van der Waals surface area contributed by atoms with E-state index in [1.165, 1.54) is 70.6 Å². The molecule has 2 saturated heterocycles. The van der Waals surface area contributed by atoms with Gasteiger partial charge in [0.2, 0.25) is 11.8 Å². The van der Waals surface area contributed by atoms with E-state index < -0.39 is 0 Å². The van der Waals surface area contributed by atoms with Crippen molar-refractivity contribution in [2.75, 3.05) is 26.2 Å². The van der Waals surface area contributed by atoms with E-state index in [-0.39, 0.29) is 17.9 Å². The van der Waals surface area contributed by atoms with Crippen molar-refractivity contribution in [1.82, 2.24) is 15.1 Å². The molecule has 6 heteroatoms. The Bertz CT molecular complexity index is 711. The Morgan fingerprint density at radius 1 is 0.771 bits per heavy atom. The first kappa shape index (κ1) is 25.8. The molecule has 5 fully saturated rings. The molecule has 0 aromatic heterocycles. The number of fused-ring (bicyclic) bond motifs is 1. The van der Waals surface area contributed by atoms with Crippen molar-refractivity contribution in [2.24, 2.45) is 23.7 Å². The van der Waals surface area contributed by atoms with Gasteiger partial charge in [0.15, 0.2) is 0 Å². The van der Waals surface area contributed by atoms with Crippen LogP contribution in [0.2, 0.25) is 0 Å². The maximum absolute atomic E-state index is 13.8. The maximum atomic E-state index is 13.8. The molecule has 3 unspecified atom stereocenters. The number of nitrogens with zero attached hydrogens (tertiary/aromatic N) is 2. The smallest absolute Gasteiger partial charge is 0.239 e. The van der Waals surface area contributed by atoms with E-state index in [0.29, 0.717) is 35.1 Å². The minimum Gasteiger partial charge on any atom is -0.356 e. The van der Waals surface area contributed by atoms with Gasteiger partial charge >= 0.3 is 0 Å². The molecule has 2 amide bonds. The lowest BCUT2D eigenvalue weighted by Gasteiger charge is -2.39. The highest BCUT2D eigenvalue weighted by molar-refractivity contribution is 6.20. The van der Waals surface area contributed by atoms with Crippen molar-refractivity contribution in [1.29, 1.82) is 0 Å². The number of carbonyl (C=O) groups is 2. The number of rotatable bonds is 6. The number of amides is 2. The van der Waals surface area contributed by atoms with Gasteiger partial charge in [0, 0.05) is 43.5 Å². The number of likely N-dealkylation sites (tertiary alicyclic amines) is 2. The summed E-state index contributed by atoms with van der Waals surface area (Å²) < 4.78 is 0. The van der Waals surface area contributed by atoms with Gasteiger partial charge in [-0.25, -0.2) is 0 Å². The van der Waals surface area contributed by atoms with E-state index in [0.717, 1.165) is 58.3 Å². The molecule has 0 bridgehead atoms. The average molecular weight is 506 g/mol. The normalized spacial score (nSPS) is 35.6. The van der Waals surface area contributed by atoms with E-state index in [1.807, 2.05) is 0 Å². The van der Waals surface area contributed by atoms with Crippen LogP contribution in [0.5, 0.6) is 0 Å². The molecule has 5 aliphatic rings. The van der Waals surface area contributed by atoms with E-state index in [1.54, 1.807) is 0 Å². The van der Waals surface area contributed by atoms with Crippen molar-refractivity contribution >= 4 is 23.4 Å². The number of piperidine rings is 1. The van der Waals surface area contributed by atoms with Gasteiger partial charge in [0.1, 0.15) is 0 Å². The standard InChI is InChI=1S/C29H48ClN3O2/c30-25-12-10-22(11-13-25)20-33-26-9-5-4-8-24(26)18-27(33)29(35)32-16-14-23(15-17-32)28(34)31-19-21-6-2-1-3-7-21/h21-27H,1-20H2,(H,31,34). The fraction of sp³-hybridized carbons (Fsp3) is 0.931. The summed E-state index contributed by atoms with van der Waals surface area (Å²) in [4.78, 5) is 31.4. The third kappa shape index (κ3) is 6.37. The molecule has 1 N–H and O–H groups in total. The molecule has 3 atom stereocenters. The van der Waals surface area contributed by atoms with Crippen LogP contribution >= 0.6 is 11.6 Å². The molecule has 0 radical (unpaired) electrons. The minimum absolute atomic E-state index is 0.0634. The first-order valence-corrected chi connectivity index (χ1v) is 15.5. The van der Waals surface area contributed by atoms with Crippen LogP contribution in [0, 0.1) is 23.7 Å². The Morgan fingerprint density at radius 2 is 1.46 bits per heavy atom. The molecule has 3 aliphatic carbocycles. The van der Waals surface area contributed by atoms with Crippen LogP contribution < -0.4 is 5.32 Å². The second-order valence-corrected chi connectivity index (χ2v) is 13.1. The molecular formula is C29H48ClN3O2. The summed E-state index contributed by atoms with van der Waals surface area (Å²) >= 11 is 6.38. The third-order valence-corrected chi connectivity index (χ3v) is 10.7. The number of alkyl halides is 1. The lowest BCUT2D eigenvalue weighted by Crippen LogP contribution is -2.52. The van der Waals surface area contributed by atoms with Crippen LogP contribution in [0.25, 0.3) is 0 Å². The topological polar surface area (TPSA) is 52.7 Å². The zero-order valence-electron chi connectivity index (χ0n) is 21.8. The van der Waals surface area contributed by atoms with E-state index in [9.17, 15) is 9.59 Å². The van der Waals surface area contributed by atoms with Crippen molar-refractivity contribution in [3.8, 4) is 0 Å². The Balaban J connectivity index is 1.14. The van der Waals surface area contributed by atoms with E-state index in [2.05, 4.69) is 15.1 Å². The number of nitrogens with one attached hydrogen (secondary N) is 1. The molecule has 5 nitrogen and oxygen atoms in total. The first-order chi connectivity index (χ1) is 17.1. The molecular weight excluding hydrogens is 458 g/mol. The summed E-state index contributed by atoms with van der Waals surface area (Å²) in [5.74, 6) is 2.73. The van der Waals surface area contributed by atoms with E-state index in [4.69, 9.17) is 11.6 Å². The largest absolute Gasteiger partial charge is 0.356 e. The third-order valence-electron chi connectivity index (χ3n) is 10.2. The number of hydrogen-bond acceptors (Lipinski definition) is 3. The van der Waals surface area contributed by atoms with Gasteiger partial charge in [-0.1, -0.05) is 32.1 Å². The number of carbonyl (C=O) groups excluding carboxylic acids is 2. The van der Waals surface area contributed by atoms with Crippen molar-refractivity contribution in [3.05, 3.63) is 0 Å². The van der Waals surface area contributed by atoms with Gasteiger partial charge in [0.05, 0.1) is 6.04 Å². The fourth-order valence-corrected chi connectivity index (χ4v) is 8.27. The molecule has 198 valence electrons. The average Bonchev–Trinajstić information content (AvgIpc) is 3.27. The zero-order chi connectivity index (χ0) is 24.2. The molecule has 0 aromatic carbocycles. The first-order valence-electron chi connectivity index (χ1n) is 15.0. The Morgan fingerprint density at radius 3 is 2.20 bits per heavy atom. The second-order valence-electron chi connectivity index (χ2n) is 12.5. The van der Waals surface area contributed by atoms with E-state index >= 15 is 0 Å². The highest BCUT2D eigenvalue weighted by atomic mass is 35.5. The zero-order valence-corrected chi connectivity index (χ0v) is 22.5. The van der Waals surface area contributed by atoms with Crippen molar-refractivity contribution in [3.63, 3.8) is 0 Å². The van der Waals surface area contributed by atoms with Crippen LogP contribution in [0.15, 0.2) is 0 Å². The lowest BCUT2D eigenvalue weighted by atomic mass is 9.84. The predicted molar refractivity (Wildman–Crippen MR) is 141 cm³/mol. The minimum atomic E-state index is 0.0634. The van der Waals surface area contributed by atoms with Crippen LogP contribution in [0.1, 0.15) is 103 Å². The highest BCUT2D eigenvalue weighted by Crippen LogP contribution is 2.42. The Hall–Kier alpha value is -0.810. The fourth-order valence-electron chi connectivity index (χ4n) is 8.01. The highest BCUT2D eigenvalue weighted by Gasteiger charge is 2.47. The Labute approximate surface area is 218 Å². The van der Waals surface area contributed by atoms with Gasteiger partial charge in [-0.2, -0.15) is 0 Å². The van der Waals surface area contributed by atoms with Crippen LogP contribution in [-0.4, -0.2) is 65.3 Å². The number of hydrogen-bond donors (Lipinski definition) is 1. The van der Waals surface area contributed by atoms with Crippen molar-refractivity contribution in [2.45, 2.75) is 120 Å². The summed E-state index contributed by atoms with van der Waals surface area (Å²) in [6, 6.07) is 0.669. The number of halogens is 1. The quantitative estimate of drug-likeness (QED) is 0.495. The van der Waals surface area contributed by atoms with Crippen LogP contribution in [0.3, 0.4) is 0 Å². The SMILES string of the molecule is O=C(NCC1CCCCC1)C1CCN(C(=O)C2CC3CCCCC3N2CC2CCC(Cl)CC2)CC1. The predicted octanol–water partition coefficient (Wildman–Crippen LogP) is 5.35. The summed E-state index contributed by atoms with van der Waals surface area (Å²) in [6.07, 6.45) is 19.1. The van der Waals surface area contributed by atoms with Gasteiger partial charge in [-0.3, -0.25) is 14.5 Å². The lowest BCUT2D eigenvalue weighted by molar-refractivity contribution is -0.140. The van der Waals surface area contributed by atoms with Crippen LogP contribution in [0.4, 0.5) is 0 Å². The van der Waals surface area contributed by atoms with Gasteiger partial charge < -0.3 is 10.2 Å². The Kier molecular flexibility index (Phi) is 8.97. The van der Waals surface area contributed by atoms with Gasteiger partial charge in [0.25, 0.3) is 0 Å². The monoisotopic (exact) mass is 505 g/mol. The molecule has 35 heavy (non-hydrogen) atoms. The van der Waals surface area contributed by atoms with Crippen molar-refractivity contribution < 1.29 is 9.59 Å². The molecule has 0 aromatic rings. The molecule has 5 rings (SSSR count). The van der Waals surface area contributed by atoms with Gasteiger partial charge in [-0.15, -0.1) is 11.6 Å². The molecule has 0 spiro atoms. The molecule has 2 heterocycles. The maximum Gasteiger partial charge on any atom is 0.239 e. The van der Waals surface area contributed by atoms with Crippen LogP contribution in [-0.2, 0) is 9.59 Å². The summed E-state index contributed by atoms with van der Waals surface area (Å²) in [7, 11) is 0. The molecule has 3 saturated carbocycles. The summed E-state index contributed by atoms with van der Waals surface area (Å²) in [5.41, 5.74) is 0. The molecule has 2 aliphatic heterocycles. The summed E-state index contributed by atoms with van der Waals surface area (Å²) in [6.45, 7) is 3.43. The van der Waals surface area contributed by atoms with Gasteiger partial charge in [-0.05, 0) is 88.4 Å².